The Bertz CT molecular complexity index is 963. The van der Waals surface area contributed by atoms with Crippen LogP contribution in [0.25, 0.3) is 26.5 Å². The standard InChI is InChI=1S/C19H15ClN2S/c1-12-11-16(19-21-17-5-3-4-6-18(17)23-19)13(2)22(12)15-9-7-14(20)8-10-15/h3-11H,1-2H3. The Balaban J connectivity index is 1.87. The second-order valence-electron chi connectivity index (χ2n) is 5.58. The largest absolute Gasteiger partial charge is 0.318 e. The predicted octanol–water partition coefficient (Wildman–Crippen LogP) is 6.02. The van der Waals surface area contributed by atoms with Crippen LogP contribution in [-0.2, 0) is 0 Å². The van der Waals surface area contributed by atoms with Gasteiger partial charge in [0.05, 0.1) is 10.2 Å². The van der Waals surface area contributed by atoms with Gasteiger partial charge in [-0.15, -0.1) is 11.3 Å². The summed E-state index contributed by atoms with van der Waals surface area (Å²) in [7, 11) is 0. The molecule has 2 nitrogen and oxygen atoms in total. The molecule has 114 valence electrons. The Morgan fingerprint density at radius 3 is 2.48 bits per heavy atom. The first-order chi connectivity index (χ1) is 11.1. The SMILES string of the molecule is Cc1cc(-c2nc3ccccc3s2)c(C)n1-c1ccc(Cl)cc1. The zero-order chi connectivity index (χ0) is 16.0. The Morgan fingerprint density at radius 1 is 1.00 bits per heavy atom. The second-order valence-corrected chi connectivity index (χ2v) is 7.05. The number of aromatic nitrogens is 2. The fourth-order valence-corrected chi connectivity index (χ4v) is 4.11. The normalized spacial score (nSPS) is 11.3. The van der Waals surface area contributed by atoms with E-state index in [-0.39, 0.29) is 0 Å². The topological polar surface area (TPSA) is 17.8 Å². The number of hydrogen-bond acceptors (Lipinski definition) is 2. The van der Waals surface area contributed by atoms with Crippen molar-refractivity contribution in [2.75, 3.05) is 0 Å². The van der Waals surface area contributed by atoms with Crippen molar-refractivity contribution in [1.82, 2.24) is 9.55 Å². The van der Waals surface area contributed by atoms with Crippen LogP contribution in [0.2, 0.25) is 5.02 Å². The number of aryl methyl sites for hydroxylation is 1. The molecule has 0 N–H and O–H groups in total. The first-order valence-electron chi connectivity index (χ1n) is 7.44. The van der Waals surface area contributed by atoms with E-state index in [9.17, 15) is 0 Å². The van der Waals surface area contributed by atoms with Gasteiger partial charge in [-0.25, -0.2) is 4.98 Å². The summed E-state index contributed by atoms with van der Waals surface area (Å²) in [5.41, 5.74) is 5.77. The Labute approximate surface area is 144 Å². The molecule has 4 rings (SSSR count). The molecule has 0 saturated heterocycles. The van der Waals surface area contributed by atoms with Gasteiger partial charge in [-0.05, 0) is 56.3 Å². The van der Waals surface area contributed by atoms with Crippen molar-refractivity contribution in [2.24, 2.45) is 0 Å². The van der Waals surface area contributed by atoms with Crippen LogP contribution in [0.3, 0.4) is 0 Å². The summed E-state index contributed by atoms with van der Waals surface area (Å²) in [6, 6.07) is 18.4. The van der Waals surface area contributed by atoms with E-state index in [2.05, 4.69) is 42.7 Å². The van der Waals surface area contributed by atoms with Gasteiger partial charge in [0.25, 0.3) is 0 Å². The van der Waals surface area contributed by atoms with Gasteiger partial charge in [-0.1, -0.05) is 23.7 Å². The zero-order valence-electron chi connectivity index (χ0n) is 12.9. The van der Waals surface area contributed by atoms with Crippen molar-refractivity contribution in [3.63, 3.8) is 0 Å². The maximum absolute atomic E-state index is 6.01. The average Bonchev–Trinajstić information content (AvgIpc) is 3.09. The van der Waals surface area contributed by atoms with Crippen molar-refractivity contribution in [3.05, 3.63) is 71.0 Å². The quantitative estimate of drug-likeness (QED) is 0.436. The molecule has 0 aliphatic rings. The number of halogens is 1. The molecule has 0 unspecified atom stereocenters. The Morgan fingerprint density at radius 2 is 1.74 bits per heavy atom. The summed E-state index contributed by atoms with van der Waals surface area (Å²) in [6.45, 7) is 4.27. The van der Waals surface area contributed by atoms with Crippen molar-refractivity contribution < 1.29 is 0 Å². The van der Waals surface area contributed by atoms with Crippen LogP contribution in [0, 0.1) is 13.8 Å². The minimum Gasteiger partial charge on any atom is -0.318 e. The van der Waals surface area contributed by atoms with Gasteiger partial charge in [0.15, 0.2) is 0 Å². The summed E-state index contributed by atoms with van der Waals surface area (Å²) in [4.78, 5) is 4.79. The molecule has 0 bridgehead atoms. The predicted molar refractivity (Wildman–Crippen MR) is 98.9 cm³/mol. The molecule has 0 aliphatic carbocycles. The number of benzene rings is 2. The molecule has 0 amide bonds. The molecule has 0 atom stereocenters. The number of para-hydroxylation sites is 1. The average molecular weight is 339 g/mol. The summed E-state index contributed by atoms with van der Waals surface area (Å²) in [5, 5.41) is 1.82. The number of fused-ring (bicyclic) bond motifs is 1. The fourth-order valence-electron chi connectivity index (χ4n) is 2.95. The molecule has 0 radical (unpaired) electrons. The van der Waals surface area contributed by atoms with E-state index in [1.807, 2.05) is 30.3 Å². The minimum absolute atomic E-state index is 0.752. The summed E-state index contributed by atoms with van der Waals surface area (Å²) in [5.74, 6) is 0. The van der Waals surface area contributed by atoms with E-state index in [4.69, 9.17) is 16.6 Å². The van der Waals surface area contributed by atoms with Crippen molar-refractivity contribution in [3.8, 4) is 16.3 Å². The van der Waals surface area contributed by atoms with Crippen LogP contribution in [0.1, 0.15) is 11.4 Å². The van der Waals surface area contributed by atoms with E-state index >= 15 is 0 Å². The second kappa shape index (κ2) is 5.52. The summed E-state index contributed by atoms with van der Waals surface area (Å²) >= 11 is 7.75. The maximum Gasteiger partial charge on any atom is 0.126 e. The van der Waals surface area contributed by atoms with Gasteiger partial charge < -0.3 is 4.57 Å². The first kappa shape index (κ1) is 14.5. The minimum atomic E-state index is 0.752. The number of rotatable bonds is 2. The van der Waals surface area contributed by atoms with E-state index < -0.39 is 0 Å². The zero-order valence-corrected chi connectivity index (χ0v) is 14.4. The molecule has 4 aromatic rings. The molecule has 23 heavy (non-hydrogen) atoms. The lowest BCUT2D eigenvalue weighted by Gasteiger charge is -2.09. The van der Waals surface area contributed by atoms with E-state index in [0.29, 0.717) is 0 Å². The smallest absolute Gasteiger partial charge is 0.126 e. The van der Waals surface area contributed by atoms with Gasteiger partial charge in [-0.3, -0.25) is 0 Å². The van der Waals surface area contributed by atoms with Gasteiger partial charge in [0, 0.05) is 27.7 Å². The van der Waals surface area contributed by atoms with Crippen LogP contribution in [0.4, 0.5) is 0 Å². The Kier molecular flexibility index (Phi) is 3.47. The van der Waals surface area contributed by atoms with Gasteiger partial charge in [0.1, 0.15) is 5.01 Å². The van der Waals surface area contributed by atoms with E-state index in [1.165, 1.54) is 21.7 Å². The Hall–Kier alpha value is -2.10. The first-order valence-corrected chi connectivity index (χ1v) is 8.64. The van der Waals surface area contributed by atoms with E-state index in [0.717, 1.165) is 21.2 Å². The third kappa shape index (κ3) is 2.46. The molecule has 0 spiro atoms. The molecule has 0 aliphatic heterocycles. The molecule has 4 heteroatoms. The number of thiazole rings is 1. The van der Waals surface area contributed by atoms with Crippen LogP contribution in [-0.4, -0.2) is 9.55 Å². The molecule has 0 fully saturated rings. The summed E-state index contributed by atoms with van der Waals surface area (Å²) in [6.07, 6.45) is 0. The van der Waals surface area contributed by atoms with Crippen LogP contribution in [0.15, 0.2) is 54.6 Å². The van der Waals surface area contributed by atoms with Crippen LogP contribution < -0.4 is 0 Å². The molecule has 0 saturated carbocycles. The molecule has 2 aromatic carbocycles. The third-order valence-corrected chi connectivity index (χ3v) is 5.36. The highest BCUT2D eigenvalue weighted by atomic mass is 35.5. The molecule has 2 heterocycles. The monoisotopic (exact) mass is 338 g/mol. The highest BCUT2D eigenvalue weighted by Crippen LogP contribution is 2.34. The van der Waals surface area contributed by atoms with Gasteiger partial charge in [0.2, 0.25) is 0 Å². The van der Waals surface area contributed by atoms with Gasteiger partial charge >= 0.3 is 0 Å². The summed E-state index contributed by atoms with van der Waals surface area (Å²) < 4.78 is 3.47. The fraction of sp³-hybridized carbons (Fsp3) is 0.105. The highest BCUT2D eigenvalue weighted by molar-refractivity contribution is 7.21. The van der Waals surface area contributed by atoms with Crippen molar-refractivity contribution in [1.29, 1.82) is 0 Å². The lowest BCUT2D eigenvalue weighted by Crippen LogP contribution is -1.98. The lowest BCUT2D eigenvalue weighted by molar-refractivity contribution is 0.967. The van der Waals surface area contributed by atoms with E-state index in [1.54, 1.807) is 11.3 Å². The highest BCUT2D eigenvalue weighted by Gasteiger charge is 2.15. The molecular formula is C19H15ClN2S. The van der Waals surface area contributed by atoms with Crippen molar-refractivity contribution >= 4 is 33.2 Å². The number of nitrogens with zero attached hydrogens (tertiary/aromatic N) is 2. The van der Waals surface area contributed by atoms with Gasteiger partial charge in [-0.2, -0.15) is 0 Å². The third-order valence-electron chi connectivity index (χ3n) is 4.04. The van der Waals surface area contributed by atoms with Crippen LogP contribution in [0.5, 0.6) is 0 Å². The molecular weight excluding hydrogens is 324 g/mol. The molecule has 2 aromatic heterocycles. The maximum atomic E-state index is 6.01. The number of hydrogen-bond donors (Lipinski definition) is 0. The van der Waals surface area contributed by atoms with Crippen LogP contribution >= 0.6 is 22.9 Å². The van der Waals surface area contributed by atoms with Crippen molar-refractivity contribution in [2.45, 2.75) is 13.8 Å². The lowest BCUT2D eigenvalue weighted by atomic mass is 10.2.